The van der Waals surface area contributed by atoms with E-state index in [2.05, 4.69) is 56.3 Å². The van der Waals surface area contributed by atoms with Gasteiger partial charge in [0.1, 0.15) is 0 Å². The van der Waals surface area contributed by atoms with Gasteiger partial charge in [0, 0.05) is 0 Å². The molecule has 0 aromatic heterocycles. The zero-order chi connectivity index (χ0) is 14.1. The predicted octanol–water partition coefficient (Wildman–Crippen LogP) is 3.62. The maximum absolute atomic E-state index is 10.6. The molecule has 0 heterocycles. The summed E-state index contributed by atoms with van der Waals surface area (Å²) in [6.07, 6.45) is 2.55. The van der Waals surface area contributed by atoms with Crippen molar-refractivity contribution in [3.05, 3.63) is 70.3 Å². The van der Waals surface area contributed by atoms with Crippen molar-refractivity contribution in [2.24, 2.45) is 5.92 Å². The zero-order valence-corrected chi connectivity index (χ0v) is 12.3. The lowest BCUT2D eigenvalue weighted by Crippen LogP contribution is -2.23. The van der Waals surface area contributed by atoms with Crippen LogP contribution in [-0.4, -0.2) is 11.2 Å². The molecule has 1 heteroatoms. The number of aliphatic hydroxyl groups excluding tert-OH is 1. The molecule has 0 radical (unpaired) electrons. The van der Waals surface area contributed by atoms with Gasteiger partial charge in [-0.25, -0.2) is 0 Å². The Morgan fingerprint density at radius 1 is 1.05 bits per heavy atom. The van der Waals surface area contributed by atoms with Crippen molar-refractivity contribution in [3.8, 4) is 0 Å². The molecule has 1 atom stereocenters. The summed E-state index contributed by atoms with van der Waals surface area (Å²) in [5.41, 5.74) is 6.67. The van der Waals surface area contributed by atoms with Crippen molar-refractivity contribution in [2.75, 3.05) is 0 Å². The normalized spacial score (nSPS) is 16.1. The first-order chi connectivity index (χ1) is 9.63. The summed E-state index contributed by atoms with van der Waals surface area (Å²) in [7, 11) is 0. The van der Waals surface area contributed by atoms with Gasteiger partial charge in [-0.05, 0) is 61.3 Å². The Balaban J connectivity index is 1.72. The number of hydrogen-bond donors (Lipinski definition) is 1. The van der Waals surface area contributed by atoms with Gasteiger partial charge in [0.25, 0.3) is 0 Å². The van der Waals surface area contributed by atoms with E-state index < -0.39 is 0 Å². The molecule has 0 amide bonds. The van der Waals surface area contributed by atoms with Gasteiger partial charge in [-0.15, -0.1) is 0 Å². The molecule has 104 valence electrons. The molecule has 2 aromatic carbocycles. The minimum absolute atomic E-state index is 0.247. The van der Waals surface area contributed by atoms with Crippen LogP contribution in [0.3, 0.4) is 0 Å². The van der Waals surface area contributed by atoms with E-state index in [1.807, 2.05) is 0 Å². The highest BCUT2D eigenvalue weighted by Crippen LogP contribution is 2.30. The summed E-state index contributed by atoms with van der Waals surface area (Å²) < 4.78 is 0. The fourth-order valence-corrected chi connectivity index (χ4v) is 3.28. The molecule has 0 fully saturated rings. The highest BCUT2D eigenvalue weighted by Gasteiger charge is 2.27. The summed E-state index contributed by atoms with van der Waals surface area (Å²) in [6, 6.07) is 15.1. The van der Waals surface area contributed by atoms with E-state index in [0.717, 1.165) is 19.3 Å². The van der Waals surface area contributed by atoms with Gasteiger partial charge < -0.3 is 5.11 Å². The second-order valence-corrected chi connectivity index (χ2v) is 6.14. The molecule has 1 N–H and O–H groups in total. The van der Waals surface area contributed by atoms with Crippen LogP contribution in [0.5, 0.6) is 0 Å². The molecule has 0 saturated carbocycles. The molecule has 1 unspecified atom stereocenters. The number of aryl methyl sites for hydroxylation is 2. The van der Waals surface area contributed by atoms with Gasteiger partial charge in [-0.3, -0.25) is 0 Å². The Kier molecular flexibility index (Phi) is 3.62. The van der Waals surface area contributed by atoms with E-state index in [9.17, 15) is 5.11 Å². The molecule has 0 saturated heterocycles. The Morgan fingerprint density at radius 3 is 2.35 bits per heavy atom. The number of benzene rings is 2. The van der Waals surface area contributed by atoms with Gasteiger partial charge >= 0.3 is 0 Å². The Labute approximate surface area is 121 Å². The van der Waals surface area contributed by atoms with Crippen LogP contribution in [0.1, 0.15) is 27.8 Å². The predicted molar refractivity (Wildman–Crippen MR) is 83.0 cm³/mol. The first-order valence-electron chi connectivity index (χ1n) is 7.44. The third-order valence-electron chi connectivity index (χ3n) is 4.56. The van der Waals surface area contributed by atoms with Crippen molar-refractivity contribution < 1.29 is 5.11 Å². The van der Waals surface area contributed by atoms with Gasteiger partial charge in [-0.1, -0.05) is 48.0 Å². The van der Waals surface area contributed by atoms with Crippen LogP contribution >= 0.6 is 0 Å². The van der Waals surface area contributed by atoms with Crippen molar-refractivity contribution in [1.82, 2.24) is 0 Å². The molecule has 2 aromatic rings. The average molecular weight is 266 g/mol. The average Bonchev–Trinajstić information content (AvgIpc) is 2.87. The molecule has 20 heavy (non-hydrogen) atoms. The Morgan fingerprint density at radius 2 is 1.70 bits per heavy atom. The summed E-state index contributed by atoms with van der Waals surface area (Å²) in [5.74, 6) is 0.368. The van der Waals surface area contributed by atoms with Crippen molar-refractivity contribution in [2.45, 2.75) is 39.2 Å². The number of aliphatic hydroxyl groups is 1. The minimum Gasteiger partial charge on any atom is -0.392 e. The lowest BCUT2D eigenvalue weighted by Gasteiger charge is -2.19. The van der Waals surface area contributed by atoms with Crippen LogP contribution in [0.25, 0.3) is 0 Å². The lowest BCUT2D eigenvalue weighted by molar-refractivity contribution is 0.112. The number of hydrogen-bond acceptors (Lipinski definition) is 1. The van der Waals surface area contributed by atoms with Crippen LogP contribution in [0.2, 0.25) is 0 Å². The van der Waals surface area contributed by atoms with E-state index >= 15 is 0 Å². The molecule has 3 rings (SSSR count). The zero-order valence-electron chi connectivity index (χ0n) is 12.3. The topological polar surface area (TPSA) is 20.2 Å². The highest BCUT2D eigenvalue weighted by molar-refractivity contribution is 5.34. The second kappa shape index (κ2) is 5.41. The minimum atomic E-state index is -0.247. The maximum atomic E-state index is 10.6. The van der Waals surface area contributed by atoms with E-state index in [-0.39, 0.29) is 6.10 Å². The number of fused-ring (bicyclic) bond motifs is 1. The molecule has 0 bridgehead atoms. The smallest absolute Gasteiger partial charge is 0.0615 e. The maximum Gasteiger partial charge on any atom is 0.0615 e. The van der Waals surface area contributed by atoms with Crippen LogP contribution in [0.15, 0.2) is 42.5 Å². The summed E-state index contributed by atoms with van der Waals surface area (Å²) in [5, 5.41) is 10.6. The molecule has 1 nitrogen and oxygen atoms in total. The van der Waals surface area contributed by atoms with Gasteiger partial charge in [0.15, 0.2) is 0 Å². The van der Waals surface area contributed by atoms with Crippen LogP contribution in [0.4, 0.5) is 0 Å². The Bertz CT molecular complexity index is 590. The van der Waals surface area contributed by atoms with Gasteiger partial charge in [0.05, 0.1) is 6.10 Å². The van der Waals surface area contributed by atoms with Crippen LogP contribution in [-0.2, 0) is 19.3 Å². The third kappa shape index (κ3) is 2.64. The standard InChI is InChI=1S/C19H22O/c1-13-7-8-14(2)17(9-13)12-19(20)18-10-15-5-3-4-6-16(15)11-18/h3-9,18-20H,10-12H2,1-2H3. The quantitative estimate of drug-likeness (QED) is 0.899. The summed E-state index contributed by atoms with van der Waals surface area (Å²) in [6.45, 7) is 4.24. The van der Waals surface area contributed by atoms with E-state index in [1.54, 1.807) is 0 Å². The van der Waals surface area contributed by atoms with Crippen LogP contribution in [0, 0.1) is 19.8 Å². The first kappa shape index (κ1) is 13.4. The van der Waals surface area contributed by atoms with Crippen molar-refractivity contribution in [1.29, 1.82) is 0 Å². The largest absolute Gasteiger partial charge is 0.392 e. The highest BCUT2D eigenvalue weighted by atomic mass is 16.3. The molecule has 1 aliphatic carbocycles. The monoisotopic (exact) mass is 266 g/mol. The van der Waals surface area contributed by atoms with E-state index in [1.165, 1.54) is 27.8 Å². The molecular formula is C19H22O. The van der Waals surface area contributed by atoms with Crippen molar-refractivity contribution >= 4 is 0 Å². The second-order valence-electron chi connectivity index (χ2n) is 6.14. The fraction of sp³-hybridized carbons (Fsp3) is 0.368. The first-order valence-corrected chi connectivity index (χ1v) is 7.44. The van der Waals surface area contributed by atoms with Crippen LogP contribution < -0.4 is 0 Å². The number of rotatable bonds is 3. The Hall–Kier alpha value is -1.60. The van der Waals surface area contributed by atoms with Crippen molar-refractivity contribution in [3.63, 3.8) is 0 Å². The van der Waals surface area contributed by atoms with E-state index in [0.29, 0.717) is 5.92 Å². The van der Waals surface area contributed by atoms with Gasteiger partial charge in [-0.2, -0.15) is 0 Å². The SMILES string of the molecule is Cc1ccc(C)c(CC(O)C2Cc3ccccc3C2)c1. The fourth-order valence-electron chi connectivity index (χ4n) is 3.28. The molecule has 0 aliphatic heterocycles. The molecular weight excluding hydrogens is 244 g/mol. The third-order valence-corrected chi connectivity index (χ3v) is 4.56. The van der Waals surface area contributed by atoms with E-state index in [4.69, 9.17) is 0 Å². The summed E-state index contributed by atoms with van der Waals surface area (Å²) in [4.78, 5) is 0. The summed E-state index contributed by atoms with van der Waals surface area (Å²) >= 11 is 0. The van der Waals surface area contributed by atoms with Gasteiger partial charge in [0.2, 0.25) is 0 Å². The molecule has 1 aliphatic rings. The lowest BCUT2D eigenvalue weighted by atomic mass is 9.91. The molecule has 0 spiro atoms.